The Kier molecular flexibility index (Phi) is 3.24. The summed E-state index contributed by atoms with van der Waals surface area (Å²) in [5, 5.41) is 4.17. The van der Waals surface area contributed by atoms with E-state index < -0.39 is 17.5 Å². The highest BCUT2D eigenvalue weighted by molar-refractivity contribution is 6.48. The van der Waals surface area contributed by atoms with Gasteiger partial charge in [-0.15, -0.1) is 0 Å². The third-order valence-corrected chi connectivity index (χ3v) is 4.03. The largest absolute Gasteiger partial charge is 0.399 e. The molecule has 0 fully saturated rings. The lowest BCUT2D eigenvalue weighted by Gasteiger charge is -2.03. The number of carbonyl (C=O) groups excluding carboxylic acids is 1. The molecule has 0 saturated carbocycles. The van der Waals surface area contributed by atoms with E-state index in [1.165, 1.54) is 6.07 Å². The van der Waals surface area contributed by atoms with Crippen molar-refractivity contribution in [3.8, 4) is 11.1 Å². The lowest BCUT2D eigenvalue weighted by molar-refractivity contribution is 0.0984. The molecule has 0 radical (unpaired) electrons. The summed E-state index contributed by atoms with van der Waals surface area (Å²) in [6.07, 6.45) is 0. The lowest BCUT2D eigenvalue weighted by atomic mass is 10.1. The Morgan fingerprint density at radius 3 is 2.48 bits per heavy atom. The number of rotatable bonds is 2. The van der Waals surface area contributed by atoms with Crippen LogP contribution in [-0.4, -0.2) is 21.4 Å². The highest BCUT2D eigenvalue weighted by Crippen LogP contribution is 2.38. The van der Waals surface area contributed by atoms with E-state index in [2.05, 4.69) is 10.1 Å². The smallest absolute Gasteiger partial charge is 0.299 e. The molecule has 4 rings (SSSR count). The van der Waals surface area contributed by atoms with Crippen molar-refractivity contribution in [3.05, 3.63) is 65.4 Å². The normalized spacial score (nSPS) is 13.1. The van der Waals surface area contributed by atoms with Gasteiger partial charge in [0, 0.05) is 22.9 Å². The quantitative estimate of drug-likeness (QED) is 0.727. The molecule has 25 heavy (non-hydrogen) atoms. The average Bonchev–Trinajstić information content (AvgIpc) is 3.05. The Bertz CT molecular complexity index is 1050. The van der Waals surface area contributed by atoms with Crippen LogP contribution in [0.3, 0.4) is 0 Å². The summed E-state index contributed by atoms with van der Waals surface area (Å²) in [4.78, 5) is 17.0. The molecule has 1 aromatic heterocycles. The molecule has 0 aliphatic carbocycles. The first-order valence-electron chi connectivity index (χ1n) is 7.50. The van der Waals surface area contributed by atoms with E-state index >= 15 is 0 Å². The predicted octanol–water partition coefficient (Wildman–Crippen LogP) is 3.49. The third-order valence-electron chi connectivity index (χ3n) is 4.03. The summed E-state index contributed by atoms with van der Waals surface area (Å²) in [5.41, 5.74) is 7.98. The second-order valence-electron chi connectivity index (χ2n) is 5.71. The maximum Gasteiger partial charge on any atom is 0.299 e. The minimum atomic E-state index is -0.734. The van der Waals surface area contributed by atoms with Crippen LogP contribution in [0.4, 0.5) is 20.3 Å². The Hall–Kier alpha value is -3.35. The predicted molar refractivity (Wildman–Crippen MR) is 90.0 cm³/mol. The van der Waals surface area contributed by atoms with Crippen molar-refractivity contribution in [1.82, 2.24) is 9.78 Å². The molecule has 0 amide bonds. The van der Waals surface area contributed by atoms with Crippen LogP contribution < -0.4 is 5.73 Å². The number of anilines is 1. The number of aromatic nitrogens is 2. The van der Waals surface area contributed by atoms with Crippen LogP contribution in [0.15, 0.2) is 47.5 Å². The molecule has 1 aliphatic rings. The lowest BCUT2D eigenvalue weighted by Crippen LogP contribution is -2.18. The molecule has 1 aliphatic heterocycles. The highest BCUT2D eigenvalue weighted by Gasteiger charge is 2.31. The maximum atomic E-state index is 14.2. The average molecular weight is 338 g/mol. The summed E-state index contributed by atoms with van der Waals surface area (Å²) < 4.78 is 28.5. The van der Waals surface area contributed by atoms with Gasteiger partial charge in [-0.3, -0.25) is 4.79 Å². The molecule has 0 spiro atoms. The van der Waals surface area contributed by atoms with Crippen LogP contribution in [0, 0.1) is 18.6 Å². The van der Waals surface area contributed by atoms with E-state index in [1.54, 1.807) is 31.2 Å². The minimum Gasteiger partial charge on any atom is -0.399 e. The number of aliphatic imine (C=N–C) groups is 1. The molecule has 3 aromatic rings. The molecular weight excluding hydrogens is 326 g/mol. The van der Waals surface area contributed by atoms with Gasteiger partial charge >= 0.3 is 0 Å². The van der Waals surface area contributed by atoms with Gasteiger partial charge in [-0.05, 0) is 31.2 Å². The highest BCUT2D eigenvalue weighted by atomic mass is 19.1. The van der Waals surface area contributed by atoms with E-state index in [0.29, 0.717) is 22.5 Å². The second-order valence-corrected chi connectivity index (χ2v) is 5.71. The molecule has 7 heteroatoms. The molecule has 0 saturated heterocycles. The fourth-order valence-corrected chi connectivity index (χ4v) is 2.85. The first kappa shape index (κ1) is 15.2. The number of nitrogens with zero attached hydrogens (tertiary/aromatic N) is 3. The molecule has 0 bridgehead atoms. The van der Waals surface area contributed by atoms with Crippen LogP contribution >= 0.6 is 0 Å². The Morgan fingerprint density at radius 2 is 1.80 bits per heavy atom. The van der Waals surface area contributed by atoms with Gasteiger partial charge in [0.15, 0.2) is 5.82 Å². The van der Waals surface area contributed by atoms with Crippen LogP contribution in [0.5, 0.6) is 0 Å². The van der Waals surface area contributed by atoms with E-state index in [9.17, 15) is 13.6 Å². The van der Waals surface area contributed by atoms with Gasteiger partial charge in [-0.25, -0.2) is 13.8 Å². The standard InChI is InChI=1S/C18H12F2N4O/c1-9-15(13-7-4-11(19)8-14(13)20)17-22-16(18(25)24(17)23-9)10-2-5-12(21)6-3-10/h2-8H,21H2,1H3. The molecular formula is C18H12F2N4O. The van der Waals surface area contributed by atoms with Crippen LogP contribution in [-0.2, 0) is 0 Å². The van der Waals surface area contributed by atoms with Gasteiger partial charge in [0.1, 0.15) is 17.3 Å². The van der Waals surface area contributed by atoms with Crippen molar-refractivity contribution in [2.45, 2.75) is 6.92 Å². The number of halogens is 2. The Labute approximate surface area is 141 Å². The second kappa shape index (κ2) is 5.34. The van der Waals surface area contributed by atoms with Crippen LogP contribution in [0.25, 0.3) is 11.1 Å². The van der Waals surface area contributed by atoms with Gasteiger partial charge in [0.05, 0.1) is 11.3 Å². The summed E-state index contributed by atoms with van der Waals surface area (Å²) in [5.74, 6) is -1.58. The summed E-state index contributed by atoms with van der Waals surface area (Å²) in [7, 11) is 0. The van der Waals surface area contributed by atoms with Crippen molar-refractivity contribution in [2.24, 2.45) is 4.99 Å². The van der Waals surface area contributed by atoms with Crippen LogP contribution in [0.2, 0.25) is 0 Å². The SMILES string of the molecule is Cc1nn2c(c1-c1ccc(F)cc1F)N=C(c1ccc(N)cc1)C2=O. The first-order valence-corrected chi connectivity index (χ1v) is 7.50. The minimum absolute atomic E-state index is 0.148. The molecule has 2 aromatic carbocycles. The Balaban J connectivity index is 1.89. The summed E-state index contributed by atoms with van der Waals surface area (Å²) in [6, 6.07) is 9.96. The van der Waals surface area contributed by atoms with E-state index in [0.717, 1.165) is 16.8 Å². The fourth-order valence-electron chi connectivity index (χ4n) is 2.85. The molecule has 5 nitrogen and oxygen atoms in total. The maximum absolute atomic E-state index is 14.2. The monoisotopic (exact) mass is 338 g/mol. The number of nitrogen functional groups attached to an aromatic ring is 1. The van der Waals surface area contributed by atoms with Crippen molar-refractivity contribution < 1.29 is 13.6 Å². The topological polar surface area (TPSA) is 73.3 Å². The van der Waals surface area contributed by atoms with E-state index in [4.69, 9.17) is 5.73 Å². The zero-order valence-corrected chi connectivity index (χ0v) is 13.1. The number of hydrogen-bond donors (Lipinski definition) is 1. The zero-order chi connectivity index (χ0) is 17.7. The van der Waals surface area contributed by atoms with Crippen molar-refractivity contribution in [3.63, 3.8) is 0 Å². The van der Waals surface area contributed by atoms with Crippen molar-refractivity contribution in [1.29, 1.82) is 0 Å². The Morgan fingerprint density at radius 1 is 1.08 bits per heavy atom. The number of aryl methyl sites for hydroxylation is 1. The van der Waals surface area contributed by atoms with Gasteiger partial charge in [-0.2, -0.15) is 9.78 Å². The van der Waals surface area contributed by atoms with Crippen molar-refractivity contribution >= 4 is 23.1 Å². The van der Waals surface area contributed by atoms with Gasteiger partial charge in [-0.1, -0.05) is 12.1 Å². The number of carbonyl (C=O) groups is 1. The molecule has 2 heterocycles. The third kappa shape index (κ3) is 2.32. The fraction of sp³-hybridized carbons (Fsp3) is 0.0556. The number of nitrogens with two attached hydrogens (primary N) is 1. The molecule has 2 N–H and O–H groups in total. The van der Waals surface area contributed by atoms with Crippen molar-refractivity contribution in [2.75, 3.05) is 5.73 Å². The van der Waals surface area contributed by atoms with Gasteiger partial charge in [0.25, 0.3) is 5.91 Å². The first-order chi connectivity index (χ1) is 12.0. The van der Waals surface area contributed by atoms with Crippen LogP contribution in [0.1, 0.15) is 16.1 Å². The van der Waals surface area contributed by atoms with Gasteiger partial charge < -0.3 is 5.73 Å². The number of hydrogen-bond acceptors (Lipinski definition) is 4. The molecule has 124 valence electrons. The van der Waals surface area contributed by atoms with Gasteiger partial charge in [0.2, 0.25) is 0 Å². The number of benzene rings is 2. The number of fused-ring (bicyclic) bond motifs is 1. The van der Waals surface area contributed by atoms with E-state index in [-0.39, 0.29) is 17.1 Å². The summed E-state index contributed by atoms with van der Waals surface area (Å²) in [6.45, 7) is 1.65. The molecule has 0 unspecified atom stereocenters. The summed E-state index contributed by atoms with van der Waals surface area (Å²) >= 11 is 0. The zero-order valence-electron chi connectivity index (χ0n) is 13.1. The molecule has 0 atom stereocenters. The van der Waals surface area contributed by atoms with E-state index in [1.807, 2.05) is 0 Å².